The van der Waals surface area contributed by atoms with Crippen molar-refractivity contribution in [2.24, 2.45) is 0 Å². The Hall–Kier alpha value is -2.89. The van der Waals surface area contributed by atoms with Crippen LogP contribution in [0, 0.1) is 0 Å². The molecule has 6 nitrogen and oxygen atoms in total. The van der Waals surface area contributed by atoms with E-state index >= 15 is 0 Å². The van der Waals surface area contributed by atoms with Crippen LogP contribution in [0.5, 0.6) is 0 Å². The molecule has 0 fully saturated rings. The lowest BCUT2D eigenvalue weighted by Crippen LogP contribution is -2.30. The number of ether oxygens (including phenoxy) is 3. The van der Waals surface area contributed by atoms with Gasteiger partial charge in [-0.3, -0.25) is 14.4 Å². The maximum absolute atomic E-state index is 12.6. The molecule has 0 aromatic carbocycles. The van der Waals surface area contributed by atoms with Gasteiger partial charge in [-0.1, -0.05) is 165 Å². The van der Waals surface area contributed by atoms with Gasteiger partial charge in [0.05, 0.1) is 6.42 Å². The monoisotopic (exact) mass is 741 g/mol. The smallest absolute Gasteiger partial charge is 0.310 e. The maximum atomic E-state index is 12.6. The molecule has 0 spiro atoms. The molecule has 0 radical (unpaired) electrons. The van der Waals surface area contributed by atoms with E-state index in [9.17, 15) is 14.4 Å². The van der Waals surface area contributed by atoms with Crippen LogP contribution in [0.1, 0.15) is 201 Å². The third-order valence-electron chi connectivity index (χ3n) is 9.01. The molecule has 0 saturated heterocycles. The zero-order chi connectivity index (χ0) is 38.7. The van der Waals surface area contributed by atoms with Crippen LogP contribution in [0.2, 0.25) is 0 Å². The summed E-state index contributed by atoms with van der Waals surface area (Å²) < 4.78 is 16.5. The van der Waals surface area contributed by atoms with E-state index < -0.39 is 12.1 Å². The van der Waals surface area contributed by atoms with Crippen molar-refractivity contribution in [2.75, 3.05) is 13.2 Å². The molecule has 304 valence electrons. The number of allylic oxidation sites excluding steroid dienone is 9. The lowest BCUT2D eigenvalue weighted by molar-refractivity contribution is -0.166. The van der Waals surface area contributed by atoms with Gasteiger partial charge in [-0.2, -0.15) is 0 Å². The molecule has 0 saturated carbocycles. The molecule has 0 bridgehead atoms. The van der Waals surface area contributed by atoms with E-state index in [0.717, 1.165) is 51.4 Å². The van der Waals surface area contributed by atoms with E-state index in [4.69, 9.17) is 14.2 Å². The summed E-state index contributed by atoms with van der Waals surface area (Å²) in [5.74, 6) is -1.09. The Bertz CT molecular complexity index is 991. The molecule has 0 aliphatic carbocycles. The Balaban J connectivity index is 4.38. The summed E-state index contributed by atoms with van der Waals surface area (Å²) in [5, 5.41) is 0. The number of hydrogen-bond acceptors (Lipinski definition) is 6. The van der Waals surface area contributed by atoms with Crippen molar-refractivity contribution < 1.29 is 28.6 Å². The third-order valence-corrected chi connectivity index (χ3v) is 9.01. The molecule has 1 atom stereocenters. The molecule has 0 aromatic rings. The normalized spacial score (nSPS) is 12.6. The van der Waals surface area contributed by atoms with Gasteiger partial charge in [0.2, 0.25) is 0 Å². The summed E-state index contributed by atoms with van der Waals surface area (Å²) in [6, 6.07) is 0. The van der Waals surface area contributed by atoms with E-state index in [2.05, 4.69) is 69.4 Å². The van der Waals surface area contributed by atoms with Crippen LogP contribution < -0.4 is 0 Å². The maximum Gasteiger partial charge on any atom is 0.310 e. The highest BCUT2D eigenvalue weighted by Crippen LogP contribution is 2.12. The van der Waals surface area contributed by atoms with Crippen LogP contribution >= 0.6 is 0 Å². The number of esters is 3. The number of carbonyl (C=O) groups is 3. The van der Waals surface area contributed by atoms with Crippen molar-refractivity contribution in [3.8, 4) is 0 Å². The Labute approximate surface area is 326 Å². The number of hydrogen-bond donors (Lipinski definition) is 0. The Morgan fingerprint density at radius 3 is 1.32 bits per heavy atom. The Morgan fingerprint density at radius 1 is 0.415 bits per heavy atom. The molecule has 0 N–H and O–H groups in total. The fourth-order valence-corrected chi connectivity index (χ4v) is 5.74. The predicted octanol–water partition coefficient (Wildman–Crippen LogP) is 13.7. The highest BCUT2D eigenvalue weighted by atomic mass is 16.6. The van der Waals surface area contributed by atoms with Crippen molar-refractivity contribution in [2.45, 2.75) is 207 Å². The Morgan fingerprint density at radius 2 is 0.811 bits per heavy atom. The quantitative estimate of drug-likeness (QED) is 0.0271. The summed E-state index contributed by atoms with van der Waals surface area (Å²) in [6.45, 7) is 6.33. The van der Waals surface area contributed by atoms with E-state index in [-0.39, 0.29) is 31.6 Å². The van der Waals surface area contributed by atoms with Gasteiger partial charge in [0.1, 0.15) is 13.2 Å². The fraction of sp³-hybridized carbons (Fsp3) is 0.723. The fourth-order valence-electron chi connectivity index (χ4n) is 5.74. The summed E-state index contributed by atoms with van der Waals surface area (Å²) in [5.41, 5.74) is 0. The van der Waals surface area contributed by atoms with Gasteiger partial charge in [-0.15, -0.1) is 0 Å². The van der Waals surface area contributed by atoms with Gasteiger partial charge in [-0.25, -0.2) is 0 Å². The second kappa shape index (κ2) is 41.9. The van der Waals surface area contributed by atoms with Crippen molar-refractivity contribution in [3.05, 3.63) is 60.8 Å². The zero-order valence-electron chi connectivity index (χ0n) is 34.5. The van der Waals surface area contributed by atoms with Gasteiger partial charge in [0.25, 0.3) is 0 Å². The van der Waals surface area contributed by atoms with E-state index in [0.29, 0.717) is 19.3 Å². The molecule has 0 aliphatic rings. The van der Waals surface area contributed by atoms with Crippen LogP contribution in [-0.4, -0.2) is 37.2 Å². The molecule has 0 rings (SSSR count). The molecule has 53 heavy (non-hydrogen) atoms. The minimum absolute atomic E-state index is 0.0999. The average molecular weight is 741 g/mol. The molecular weight excluding hydrogens is 661 g/mol. The SMILES string of the molecule is CC/C=C\C/C=C\C/C=C\CC(=O)OC(COC(=O)CCC/C=C\CCCCCC)COC(=O)CCCCCCCCC/C=C\CCCCCCCC. The largest absolute Gasteiger partial charge is 0.462 e. The second-order valence-corrected chi connectivity index (χ2v) is 14.2. The van der Waals surface area contributed by atoms with E-state index in [1.165, 1.54) is 103 Å². The Kier molecular flexibility index (Phi) is 39.6. The summed E-state index contributed by atoms with van der Waals surface area (Å²) >= 11 is 0. The van der Waals surface area contributed by atoms with Gasteiger partial charge >= 0.3 is 17.9 Å². The van der Waals surface area contributed by atoms with Crippen molar-refractivity contribution in [1.82, 2.24) is 0 Å². The van der Waals surface area contributed by atoms with Gasteiger partial charge in [0, 0.05) is 12.8 Å². The molecule has 0 amide bonds. The number of carbonyl (C=O) groups excluding carboxylic acids is 3. The first-order valence-corrected chi connectivity index (χ1v) is 21.8. The van der Waals surface area contributed by atoms with Crippen LogP contribution in [0.3, 0.4) is 0 Å². The summed E-state index contributed by atoms with van der Waals surface area (Å²) in [6.07, 6.45) is 49.7. The predicted molar refractivity (Wildman–Crippen MR) is 224 cm³/mol. The standard InChI is InChI=1S/C47H80O6/c1-4-7-10-13-16-19-20-21-22-23-24-25-26-29-31-34-37-40-46(49)52-43-44(53-47(50)41-38-35-32-28-18-15-12-9-6-3)42-51-45(48)39-36-33-30-27-17-14-11-8-5-2/h9,12,18,21-22,27-28,30,35,38,44H,4-8,10-11,13-17,19-20,23-26,29,31-34,36-37,39-43H2,1-3H3/b12-9-,22-21-,28-18-,30-27-,38-35-. The molecule has 0 heterocycles. The lowest BCUT2D eigenvalue weighted by atomic mass is 10.1. The first-order chi connectivity index (χ1) is 26.0. The third kappa shape index (κ3) is 40.1. The molecule has 0 aromatic heterocycles. The van der Waals surface area contributed by atoms with Crippen LogP contribution in [0.25, 0.3) is 0 Å². The van der Waals surface area contributed by atoms with Crippen molar-refractivity contribution in [1.29, 1.82) is 0 Å². The van der Waals surface area contributed by atoms with Gasteiger partial charge < -0.3 is 14.2 Å². The van der Waals surface area contributed by atoms with Crippen LogP contribution in [0.4, 0.5) is 0 Å². The minimum atomic E-state index is -0.831. The first kappa shape index (κ1) is 50.1. The highest BCUT2D eigenvalue weighted by Gasteiger charge is 2.19. The summed E-state index contributed by atoms with van der Waals surface area (Å²) in [7, 11) is 0. The number of unbranched alkanes of at least 4 members (excludes halogenated alkanes) is 18. The van der Waals surface area contributed by atoms with Crippen molar-refractivity contribution >= 4 is 17.9 Å². The second-order valence-electron chi connectivity index (χ2n) is 14.2. The molecule has 1 unspecified atom stereocenters. The minimum Gasteiger partial charge on any atom is -0.462 e. The molecule has 0 aliphatic heterocycles. The first-order valence-electron chi connectivity index (χ1n) is 21.8. The molecular formula is C47H80O6. The average Bonchev–Trinajstić information content (AvgIpc) is 3.15. The highest BCUT2D eigenvalue weighted by molar-refractivity contribution is 5.72. The van der Waals surface area contributed by atoms with Crippen LogP contribution in [-0.2, 0) is 28.6 Å². The van der Waals surface area contributed by atoms with E-state index in [1.807, 2.05) is 6.08 Å². The number of rotatable bonds is 38. The summed E-state index contributed by atoms with van der Waals surface area (Å²) in [4.78, 5) is 37.4. The van der Waals surface area contributed by atoms with E-state index in [1.54, 1.807) is 6.08 Å². The van der Waals surface area contributed by atoms with Crippen LogP contribution in [0.15, 0.2) is 60.8 Å². The lowest BCUT2D eigenvalue weighted by Gasteiger charge is -2.18. The van der Waals surface area contributed by atoms with Gasteiger partial charge in [0.15, 0.2) is 6.10 Å². The van der Waals surface area contributed by atoms with Crippen molar-refractivity contribution in [3.63, 3.8) is 0 Å². The topological polar surface area (TPSA) is 78.9 Å². The zero-order valence-corrected chi connectivity index (χ0v) is 34.5. The molecule has 6 heteroatoms. The van der Waals surface area contributed by atoms with Gasteiger partial charge in [-0.05, 0) is 77.0 Å².